The van der Waals surface area contributed by atoms with Crippen LogP contribution in [0.25, 0.3) is 0 Å². The highest BCUT2D eigenvalue weighted by molar-refractivity contribution is 5.97. The summed E-state index contributed by atoms with van der Waals surface area (Å²) in [7, 11) is 0. The lowest BCUT2D eigenvalue weighted by Crippen LogP contribution is -2.26. The van der Waals surface area contributed by atoms with Crippen molar-refractivity contribution in [2.45, 2.75) is 6.92 Å². The van der Waals surface area contributed by atoms with Crippen LogP contribution in [0.1, 0.15) is 6.92 Å². The van der Waals surface area contributed by atoms with E-state index in [2.05, 4.69) is 95.6 Å². The average molecular weight is 286 g/mol. The topological polar surface area (TPSA) is 6.48 Å². The molecule has 3 aromatic rings. The van der Waals surface area contributed by atoms with E-state index < -0.39 is 0 Å². The Morgan fingerprint density at radius 1 is 0.591 bits per heavy atom. The van der Waals surface area contributed by atoms with Gasteiger partial charge in [0.25, 0.3) is 0 Å². The minimum Gasteiger partial charge on any atom is -0.338 e. The molecule has 22 heavy (non-hydrogen) atoms. The van der Waals surface area contributed by atoms with Crippen molar-refractivity contribution in [2.24, 2.45) is 0 Å². The molecule has 1 aliphatic rings. The summed E-state index contributed by atoms with van der Waals surface area (Å²) in [6, 6.07) is 27.8. The van der Waals surface area contributed by atoms with E-state index in [9.17, 15) is 0 Å². The second kappa shape index (κ2) is 5.23. The highest BCUT2D eigenvalue weighted by atomic mass is 15.3. The number of nitrogens with zero attached hydrogens (tertiary/aromatic N) is 2. The summed E-state index contributed by atoms with van der Waals surface area (Å²) in [6.45, 7) is 3.16. The van der Waals surface area contributed by atoms with Gasteiger partial charge in [-0.25, -0.2) is 0 Å². The zero-order valence-corrected chi connectivity index (χ0v) is 12.6. The molecule has 0 atom stereocenters. The van der Waals surface area contributed by atoms with Crippen LogP contribution >= 0.6 is 0 Å². The van der Waals surface area contributed by atoms with Crippen molar-refractivity contribution in [2.75, 3.05) is 16.3 Å². The van der Waals surface area contributed by atoms with Gasteiger partial charge in [0.05, 0.1) is 22.7 Å². The first kappa shape index (κ1) is 13.0. The largest absolute Gasteiger partial charge is 0.338 e. The lowest BCUT2D eigenvalue weighted by Gasteiger charge is -2.39. The molecule has 0 fully saturated rings. The lowest BCUT2D eigenvalue weighted by atomic mass is 10.1. The summed E-state index contributed by atoms with van der Waals surface area (Å²) in [6.07, 6.45) is 0. The fraction of sp³-hybridized carbons (Fsp3) is 0.100. The fourth-order valence-corrected chi connectivity index (χ4v) is 3.22. The van der Waals surface area contributed by atoms with Gasteiger partial charge in [0.1, 0.15) is 0 Å². The van der Waals surface area contributed by atoms with Crippen molar-refractivity contribution in [3.05, 3.63) is 78.9 Å². The smallest absolute Gasteiger partial charge is 0.0699 e. The third kappa shape index (κ3) is 1.88. The zero-order chi connectivity index (χ0) is 14.9. The van der Waals surface area contributed by atoms with Gasteiger partial charge in [-0.2, -0.15) is 0 Å². The van der Waals surface area contributed by atoms with Gasteiger partial charge in [0.15, 0.2) is 0 Å². The first-order chi connectivity index (χ1) is 10.9. The number of anilines is 5. The van der Waals surface area contributed by atoms with Crippen LogP contribution in [-0.2, 0) is 0 Å². The van der Waals surface area contributed by atoms with Crippen molar-refractivity contribution in [1.82, 2.24) is 0 Å². The van der Waals surface area contributed by atoms with Gasteiger partial charge in [0, 0.05) is 12.2 Å². The van der Waals surface area contributed by atoms with Gasteiger partial charge < -0.3 is 9.80 Å². The Morgan fingerprint density at radius 2 is 1.05 bits per heavy atom. The summed E-state index contributed by atoms with van der Waals surface area (Å²) in [5.41, 5.74) is 6.17. The molecule has 0 radical (unpaired) electrons. The van der Waals surface area contributed by atoms with Crippen LogP contribution in [0.4, 0.5) is 28.4 Å². The van der Waals surface area contributed by atoms with Crippen LogP contribution in [0.15, 0.2) is 78.9 Å². The summed E-state index contributed by atoms with van der Waals surface area (Å²) >= 11 is 0. The van der Waals surface area contributed by atoms with E-state index in [1.165, 1.54) is 28.4 Å². The Bertz CT molecular complexity index is 748. The molecule has 0 bridgehead atoms. The summed E-state index contributed by atoms with van der Waals surface area (Å²) in [5.74, 6) is 0. The Morgan fingerprint density at radius 3 is 1.55 bits per heavy atom. The van der Waals surface area contributed by atoms with Crippen LogP contribution in [-0.4, -0.2) is 6.54 Å². The van der Waals surface area contributed by atoms with E-state index >= 15 is 0 Å². The molecule has 1 heterocycles. The van der Waals surface area contributed by atoms with Gasteiger partial charge >= 0.3 is 0 Å². The van der Waals surface area contributed by atoms with Crippen molar-refractivity contribution in [1.29, 1.82) is 0 Å². The van der Waals surface area contributed by atoms with Gasteiger partial charge in [-0.15, -0.1) is 0 Å². The second-order valence-electron chi connectivity index (χ2n) is 5.39. The number of hydrogen-bond acceptors (Lipinski definition) is 2. The molecular formula is C20H18N2. The highest BCUT2D eigenvalue weighted by Gasteiger charge is 2.27. The lowest BCUT2D eigenvalue weighted by molar-refractivity contribution is 0.999. The van der Waals surface area contributed by atoms with Crippen molar-refractivity contribution in [3.63, 3.8) is 0 Å². The minimum atomic E-state index is 0.955. The van der Waals surface area contributed by atoms with Gasteiger partial charge in [-0.05, 0) is 43.3 Å². The third-order valence-electron chi connectivity index (χ3n) is 4.16. The third-order valence-corrected chi connectivity index (χ3v) is 4.16. The number of fused-ring (bicyclic) bond motifs is 2. The monoisotopic (exact) mass is 286 g/mol. The minimum absolute atomic E-state index is 0.955. The maximum atomic E-state index is 2.38. The predicted octanol–water partition coefficient (Wildman–Crippen LogP) is 5.63. The van der Waals surface area contributed by atoms with Crippen LogP contribution < -0.4 is 9.80 Å². The molecule has 0 amide bonds. The number of para-hydroxylation sites is 5. The van der Waals surface area contributed by atoms with Crippen LogP contribution in [0.2, 0.25) is 0 Å². The SMILES string of the molecule is CCN1c2ccccc2N(c2ccccc2)c2ccccc21. The molecule has 108 valence electrons. The van der Waals surface area contributed by atoms with E-state index in [0.29, 0.717) is 0 Å². The fourth-order valence-electron chi connectivity index (χ4n) is 3.22. The number of rotatable bonds is 2. The molecule has 3 aromatic carbocycles. The number of hydrogen-bond donors (Lipinski definition) is 0. The maximum absolute atomic E-state index is 2.38. The van der Waals surface area contributed by atoms with E-state index in [1.54, 1.807) is 0 Å². The molecule has 2 nitrogen and oxygen atoms in total. The quantitative estimate of drug-likeness (QED) is 0.602. The van der Waals surface area contributed by atoms with E-state index in [1.807, 2.05) is 0 Å². The molecule has 0 saturated heterocycles. The van der Waals surface area contributed by atoms with Gasteiger partial charge in [0.2, 0.25) is 0 Å². The predicted molar refractivity (Wildman–Crippen MR) is 93.8 cm³/mol. The highest BCUT2D eigenvalue weighted by Crippen LogP contribution is 2.50. The van der Waals surface area contributed by atoms with E-state index in [-0.39, 0.29) is 0 Å². The molecule has 0 unspecified atom stereocenters. The van der Waals surface area contributed by atoms with Gasteiger partial charge in [-0.1, -0.05) is 42.5 Å². The molecule has 0 saturated carbocycles. The molecule has 0 aromatic heterocycles. The Hall–Kier alpha value is -2.74. The molecule has 0 spiro atoms. The van der Waals surface area contributed by atoms with E-state index in [4.69, 9.17) is 0 Å². The Kier molecular flexibility index (Phi) is 3.08. The normalized spacial score (nSPS) is 12.8. The van der Waals surface area contributed by atoms with Crippen LogP contribution in [0.3, 0.4) is 0 Å². The first-order valence-electron chi connectivity index (χ1n) is 7.71. The van der Waals surface area contributed by atoms with Crippen LogP contribution in [0, 0.1) is 0 Å². The van der Waals surface area contributed by atoms with Crippen molar-refractivity contribution in [3.8, 4) is 0 Å². The van der Waals surface area contributed by atoms with Crippen molar-refractivity contribution < 1.29 is 0 Å². The Labute approximate surface area is 131 Å². The van der Waals surface area contributed by atoms with E-state index in [0.717, 1.165) is 6.54 Å². The number of benzene rings is 3. The molecule has 2 heteroatoms. The molecular weight excluding hydrogens is 268 g/mol. The van der Waals surface area contributed by atoms with Crippen molar-refractivity contribution >= 4 is 28.4 Å². The van der Waals surface area contributed by atoms with Gasteiger partial charge in [-0.3, -0.25) is 0 Å². The molecule has 0 aliphatic carbocycles. The maximum Gasteiger partial charge on any atom is 0.0699 e. The average Bonchev–Trinajstić information content (AvgIpc) is 2.60. The molecule has 4 rings (SSSR count). The molecule has 1 aliphatic heterocycles. The summed E-state index contributed by atoms with van der Waals surface area (Å²) in [5, 5.41) is 0. The first-order valence-corrected chi connectivity index (χ1v) is 7.71. The molecule has 0 N–H and O–H groups in total. The van der Waals surface area contributed by atoms with Crippen LogP contribution in [0.5, 0.6) is 0 Å². The Balaban J connectivity index is 2.00. The standard InChI is InChI=1S/C20H18N2/c1-2-21-17-12-6-8-14-19(17)22(16-10-4-3-5-11-16)20-15-9-7-13-18(20)21/h3-15H,2H2,1H3. The summed E-state index contributed by atoms with van der Waals surface area (Å²) in [4.78, 5) is 4.72. The zero-order valence-electron chi connectivity index (χ0n) is 12.6. The summed E-state index contributed by atoms with van der Waals surface area (Å²) < 4.78 is 0. The second-order valence-corrected chi connectivity index (χ2v) is 5.39.